The van der Waals surface area contributed by atoms with Gasteiger partial charge in [0.15, 0.2) is 0 Å². The first-order chi connectivity index (χ1) is 13.4. The number of anilines is 1. The molecule has 0 aliphatic carbocycles. The number of aliphatic hydroxyl groups is 1. The molecule has 0 amide bonds. The zero-order chi connectivity index (χ0) is 20.0. The lowest BCUT2D eigenvalue weighted by molar-refractivity contribution is 0.0283. The molecule has 3 rings (SSSR count). The number of hydrogen-bond acceptors (Lipinski definition) is 5. The Balaban J connectivity index is 1.60. The zero-order valence-electron chi connectivity index (χ0n) is 16.8. The molecule has 5 heteroatoms. The monoisotopic (exact) mass is 396 g/mol. The average Bonchev–Trinajstić information content (AvgIpc) is 2.67. The molecule has 0 saturated heterocycles. The third kappa shape index (κ3) is 6.14. The van der Waals surface area contributed by atoms with Gasteiger partial charge in [-0.15, -0.1) is 11.8 Å². The molecule has 2 aromatic carbocycles. The Kier molecular flexibility index (Phi) is 6.81. The highest BCUT2D eigenvalue weighted by atomic mass is 32.2. The lowest BCUT2D eigenvalue weighted by Crippen LogP contribution is -2.28. The van der Waals surface area contributed by atoms with Crippen LogP contribution in [0.3, 0.4) is 0 Å². The van der Waals surface area contributed by atoms with Crippen LogP contribution >= 0.6 is 11.8 Å². The first-order valence-electron chi connectivity index (χ1n) is 9.54. The fraction of sp³-hybridized carbons (Fsp3) is 0.348. The van der Waals surface area contributed by atoms with Crippen molar-refractivity contribution in [1.82, 2.24) is 0 Å². The van der Waals surface area contributed by atoms with Crippen LogP contribution in [0.5, 0.6) is 5.75 Å². The first kappa shape index (κ1) is 20.5. The molecule has 0 aromatic heterocycles. The number of aliphatic imine (C=N–C) groups is 1. The van der Waals surface area contributed by atoms with Crippen LogP contribution in [0, 0.1) is 6.92 Å². The number of aryl methyl sites for hydroxylation is 2. The number of thioether (sulfide) groups is 1. The lowest BCUT2D eigenvalue weighted by Gasteiger charge is -2.24. The van der Waals surface area contributed by atoms with Crippen LogP contribution in [0.1, 0.15) is 25.0 Å². The lowest BCUT2D eigenvalue weighted by atomic mass is 10.1. The molecule has 0 spiro atoms. The fourth-order valence-electron chi connectivity index (χ4n) is 2.84. The van der Waals surface area contributed by atoms with Crippen LogP contribution in [0.15, 0.2) is 64.8 Å². The Morgan fingerprint density at radius 2 is 1.96 bits per heavy atom. The van der Waals surface area contributed by atoms with Crippen LogP contribution in [-0.4, -0.2) is 35.8 Å². The SMILES string of the molecule is Cc1cc(N2C=C(SCCc3ccccc3)N=CC2)ccc1OCC(C)(C)O. The van der Waals surface area contributed by atoms with Gasteiger partial charge in [0.2, 0.25) is 0 Å². The van der Waals surface area contributed by atoms with Crippen molar-refractivity contribution in [3.05, 3.63) is 70.9 Å². The summed E-state index contributed by atoms with van der Waals surface area (Å²) in [5, 5.41) is 10.9. The van der Waals surface area contributed by atoms with Crippen LogP contribution in [0.2, 0.25) is 0 Å². The van der Waals surface area contributed by atoms with Crippen molar-refractivity contribution < 1.29 is 9.84 Å². The number of nitrogens with zero attached hydrogens (tertiary/aromatic N) is 2. The highest BCUT2D eigenvalue weighted by molar-refractivity contribution is 8.03. The predicted molar refractivity (Wildman–Crippen MR) is 119 cm³/mol. The maximum absolute atomic E-state index is 9.84. The van der Waals surface area contributed by atoms with E-state index < -0.39 is 5.60 Å². The summed E-state index contributed by atoms with van der Waals surface area (Å²) in [7, 11) is 0. The Bertz CT molecular complexity index is 841. The molecule has 1 heterocycles. The molecule has 0 unspecified atom stereocenters. The fourth-order valence-corrected chi connectivity index (χ4v) is 3.74. The van der Waals surface area contributed by atoms with E-state index in [9.17, 15) is 5.11 Å². The molecule has 4 nitrogen and oxygen atoms in total. The molecule has 0 atom stereocenters. The smallest absolute Gasteiger partial charge is 0.122 e. The Morgan fingerprint density at radius 1 is 1.18 bits per heavy atom. The van der Waals surface area contributed by atoms with E-state index in [1.54, 1.807) is 25.6 Å². The van der Waals surface area contributed by atoms with Crippen LogP contribution in [0.4, 0.5) is 5.69 Å². The minimum atomic E-state index is -0.844. The van der Waals surface area contributed by atoms with Gasteiger partial charge in [-0.2, -0.15) is 0 Å². The van der Waals surface area contributed by atoms with E-state index in [0.29, 0.717) is 0 Å². The van der Waals surface area contributed by atoms with E-state index in [-0.39, 0.29) is 6.61 Å². The molecule has 28 heavy (non-hydrogen) atoms. The van der Waals surface area contributed by atoms with E-state index >= 15 is 0 Å². The molecule has 0 fully saturated rings. The summed E-state index contributed by atoms with van der Waals surface area (Å²) in [4.78, 5) is 6.74. The van der Waals surface area contributed by atoms with Crippen LogP contribution < -0.4 is 9.64 Å². The van der Waals surface area contributed by atoms with Gasteiger partial charge < -0.3 is 14.7 Å². The maximum Gasteiger partial charge on any atom is 0.122 e. The van der Waals surface area contributed by atoms with Crippen molar-refractivity contribution in [2.75, 3.05) is 23.8 Å². The van der Waals surface area contributed by atoms with Gasteiger partial charge in [-0.05, 0) is 56.5 Å². The predicted octanol–water partition coefficient (Wildman–Crippen LogP) is 4.81. The molecule has 1 aliphatic heterocycles. The number of hydrogen-bond donors (Lipinski definition) is 1. The highest BCUT2D eigenvalue weighted by Crippen LogP contribution is 2.28. The molecule has 1 aliphatic rings. The average molecular weight is 397 g/mol. The second kappa shape index (κ2) is 9.30. The molecule has 0 saturated carbocycles. The number of rotatable bonds is 8. The summed E-state index contributed by atoms with van der Waals surface area (Å²) in [6.07, 6.45) is 5.10. The quantitative estimate of drug-likeness (QED) is 0.695. The van der Waals surface area contributed by atoms with Gasteiger partial charge in [0.1, 0.15) is 17.4 Å². The summed E-state index contributed by atoms with van der Waals surface area (Å²) in [5.41, 5.74) is 2.67. The molecular weight excluding hydrogens is 368 g/mol. The summed E-state index contributed by atoms with van der Waals surface area (Å²) in [5.74, 6) is 1.81. The van der Waals surface area contributed by atoms with Gasteiger partial charge >= 0.3 is 0 Å². The van der Waals surface area contributed by atoms with Crippen LogP contribution in [-0.2, 0) is 6.42 Å². The second-order valence-corrected chi connectivity index (χ2v) is 8.68. The van der Waals surface area contributed by atoms with Gasteiger partial charge in [-0.1, -0.05) is 30.3 Å². The molecule has 0 radical (unpaired) electrons. The van der Waals surface area contributed by atoms with E-state index in [1.165, 1.54) is 5.56 Å². The molecule has 1 N–H and O–H groups in total. The van der Waals surface area contributed by atoms with E-state index in [4.69, 9.17) is 4.74 Å². The third-order valence-corrected chi connectivity index (χ3v) is 5.23. The third-order valence-electron chi connectivity index (χ3n) is 4.32. The van der Waals surface area contributed by atoms with Crippen molar-refractivity contribution in [1.29, 1.82) is 0 Å². The summed E-state index contributed by atoms with van der Waals surface area (Å²) >= 11 is 1.78. The minimum absolute atomic E-state index is 0.270. The summed E-state index contributed by atoms with van der Waals surface area (Å²) in [6, 6.07) is 16.7. The standard InChI is InChI=1S/C23H28N2O2S/c1-18-15-20(9-10-21(18)27-17-23(2,3)26)25-13-12-24-22(16-25)28-14-11-19-7-5-4-6-8-19/h4-10,12,15-16,26H,11,13-14,17H2,1-3H3. The Morgan fingerprint density at radius 3 is 2.68 bits per heavy atom. The number of ether oxygens (including phenoxy) is 1. The normalized spacial score (nSPS) is 14.1. The topological polar surface area (TPSA) is 45.1 Å². The van der Waals surface area contributed by atoms with E-state index in [2.05, 4.69) is 52.5 Å². The van der Waals surface area contributed by atoms with Gasteiger partial charge in [0.25, 0.3) is 0 Å². The first-order valence-corrected chi connectivity index (χ1v) is 10.5. The van der Waals surface area contributed by atoms with Gasteiger partial charge in [-0.3, -0.25) is 4.99 Å². The molecule has 0 bridgehead atoms. The highest BCUT2D eigenvalue weighted by Gasteiger charge is 2.15. The Labute approximate surface area is 171 Å². The van der Waals surface area contributed by atoms with Gasteiger partial charge in [0, 0.05) is 23.9 Å². The minimum Gasteiger partial charge on any atom is -0.490 e. The van der Waals surface area contributed by atoms with Crippen molar-refractivity contribution in [3.63, 3.8) is 0 Å². The number of benzene rings is 2. The van der Waals surface area contributed by atoms with E-state index in [0.717, 1.165) is 40.7 Å². The largest absolute Gasteiger partial charge is 0.490 e. The van der Waals surface area contributed by atoms with Crippen molar-refractivity contribution in [2.24, 2.45) is 4.99 Å². The molecule has 148 valence electrons. The molecular formula is C23H28N2O2S. The van der Waals surface area contributed by atoms with E-state index in [1.807, 2.05) is 25.3 Å². The van der Waals surface area contributed by atoms with Crippen molar-refractivity contribution in [2.45, 2.75) is 32.8 Å². The Hall–Kier alpha value is -2.24. The van der Waals surface area contributed by atoms with Gasteiger partial charge in [-0.25, -0.2) is 0 Å². The molecule has 2 aromatic rings. The zero-order valence-corrected chi connectivity index (χ0v) is 17.6. The summed E-state index contributed by atoms with van der Waals surface area (Å²) < 4.78 is 5.75. The summed E-state index contributed by atoms with van der Waals surface area (Å²) in [6.45, 7) is 6.54. The van der Waals surface area contributed by atoms with Crippen molar-refractivity contribution in [3.8, 4) is 5.75 Å². The van der Waals surface area contributed by atoms with Gasteiger partial charge in [0.05, 0.1) is 12.1 Å². The van der Waals surface area contributed by atoms with Crippen molar-refractivity contribution >= 4 is 23.7 Å². The maximum atomic E-state index is 9.84. The second-order valence-electron chi connectivity index (χ2n) is 7.57. The van der Waals surface area contributed by atoms with Crippen LogP contribution in [0.25, 0.3) is 0 Å².